The van der Waals surface area contributed by atoms with Gasteiger partial charge in [-0.25, -0.2) is 4.79 Å². The number of aliphatic hydroxyl groups excluding tert-OH is 1. The van der Waals surface area contributed by atoms with Crippen LogP contribution in [0.4, 0.5) is 4.79 Å². The van der Waals surface area contributed by atoms with Crippen LogP contribution in [0.1, 0.15) is 12.0 Å². The monoisotopic (exact) mass is 294 g/mol. The van der Waals surface area contributed by atoms with Crippen molar-refractivity contribution >= 4 is 17.8 Å². The minimum Gasteiger partial charge on any atom is -0.396 e. The molecule has 2 amide bonds. The van der Waals surface area contributed by atoms with Crippen molar-refractivity contribution in [3.05, 3.63) is 29.8 Å². The highest BCUT2D eigenvalue weighted by Gasteiger charge is 2.25. The van der Waals surface area contributed by atoms with Gasteiger partial charge in [0.15, 0.2) is 0 Å². The van der Waals surface area contributed by atoms with E-state index in [1.54, 1.807) is 16.7 Å². The smallest absolute Gasteiger partial charge is 0.317 e. The second-order valence-corrected chi connectivity index (χ2v) is 6.35. The Kier molecular flexibility index (Phi) is 5.73. The van der Waals surface area contributed by atoms with Crippen LogP contribution in [0, 0.1) is 12.8 Å². The number of thioether (sulfide) groups is 1. The zero-order valence-electron chi connectivity index (χ0n) is 11.8. The summed E-state index contributed by atoms with van der Waals surface area (Å²) in [6.45, 7) is 4.34. The number of urea groups is 1. The molecule has 1 heterocycles. The zero-order chi connectivity index (χ0) is 14.4. The first-order chi connectivity index (χ1) is 9.69. The van der Waals surface area contributed by atoms with Crippen molar-refractivity contribution in [1.82, 2.24) is 10.2 Å². The molecule has 5 heteroatoms. The SMILES string of the molecule is Cc1ccc(SCCNC(=O)N2CCC(CO)C2)cc1. The highest BCUT2D eigenvalue weighted by atomic mass is 32.2. The van der Waals surface area contributed by atoms with Crippen LogP contribution >= 0.6 is 11.8 Å². The average Bonchev–Trinajstić information content (AvgIpc) is 2.94. The van der Waals surface area contributed by atoms with Crippen LogP contribution in [0.5, 0.6) is 0 Å². The summed E-state index contributed by atoms with van der Waals surface area (Å²) in [5.41, 5.74) is 1.26. The van der Waals surface area contributed by atoms with E-state index in [1.807, 2.05) is 0 Å². The molecule has 0 aromatic heterocycles. The molecule has 0 aliphatic carbocycles. The Morgan fingerprint density at radius 3 is 2.85 bits per heavy atom. The Morgan fingerprint density at radius 2 is 2.20 bits per heavy atom. The van der Waals surface area contributed by atoms with E-state index in [0.29, 0.717) is 13.1 Å². The summed E-state index contributed by atoms with van der Waals surface area (Å²) in [5.74, 6) is 1.12. The molecular weight excluding hydrogens is 272 g/mol. The second-order valence-electron chi connectivity index (χ2n) is 5.18. The summed E-state index contributed by atoms with van der Waals surface area (Å²) in [6.07, 6.45) is 0.905. The van der Waals surface area contributed by atoms with Gasteiger partial charge in [0.1, 0.15) is 0 Å². The number of aliphatic hydroxyl groups is 1. The number of carbonyl (C=O) groups is 1. The quantitative estimate of drug-likeness (QED) is 0.646. The average molecular weight is 294 g/mol. The highest BCUT2D eigenvalue weighted by Crippen LogP contribution is 2.18. The first kappa shape index (κ1) is 15.2. The molecule has 1 aliphatic heterocycles. The van der Waals surface area contributed by atoms with E-state index >= 15 is 0 Å². The maximum Gasteiger partial charge on any atom is 0.317 e. The fraction of sp³-hybridized carbons (Fsp3) is 0.533. The van der Waals surface area contributed by atoms with E-state index in [4.69, 9.17) is 5.11 Å². The third-order valence-corrected chi connectivity index (χ3v) is 4.51. The summed E-state index contributed by atoms with van der Waals surface area (Å²) in [7, 11) is 0. The molecule has 0 radical (unpaired) electrons. The number of carbonyl (C=O) groups excluding carboxylic acids is 1. The Labute approximate surface area is 124 Å². The third kappa shape index (κ3) is 4.42. The van der Waals surface area contributed by atoms with Gasteiger partial charge >= 0.3 is 6.03 Å². The van der Waals surface area contributed by atoms with Gasteiger partial charge in [-0.2, -0.15) is 0 Å². The van der Waals surface area contributed by atoms with Crippen molar-refractivity contribution < 1.29 is 9.90 Å². The van der Waals surface area contributed by atoms with Crippen LogP contribution in [0.15, 0.2) is 29.2 Å². The summed E-state index contributed by atoms with van der Waals surface area (Å²) in [6, 6.07) is 8.40. The van der Waals surface area contributed by atoms with Gasteiger partial charge in [0, 0.05) is 42.8 Å². The van der Waals surface area contributed by atoms with E-state index in [0.717, 1.165) is 18.7 Å². The number of nitrogens with one attached hydrogen (secondary N) is 1. The maximum atomic E-state index is 11.9. The maximum absolute atomic E-state index is 11.9. The first-order valence-electron chi connectivity index (χ1n) is 7.02. The number of likely N-dealkylation sites (tertiary alicyclic amines) is 1. The van der Waals surface area contributed by atoms with Gasteiger partial charge in [0.05, 0.1) is 0 Å². The molecule has 2 N–H and O–H groups in total. The number of nitrogens with zero attached hydrogens (tertiary/aromatic N) is 1. The van der Waals surface area contributed by atoms with Gasteiger partial charge in [0.25, 0.3) is 0 Å². The Hall–Kier alpha value is -1.20. The van der Waals surface area contributed by atoms with Crippen LogP contribution in [-0.2, 0) is 0 Å². The van der Waals surface area contributed by atoms with Gasteiger partial charge in [-0.15, -0.1) is 11.8 Å². The highest BCUT2D eigenvalue weighted by molar-refractivity contribution is 7.99. The van der Waals surface area contributed by atoms with Crippen molar-refractivity contribution in [3.63, 3.8) is 0 Å². The number of aryl methyl sites for hydroxylation is 1. The topological polar surface area (TPSA) is 52.6 Å². The van der Waals surface area contributed by atoms with Gasteiger partial charge in [-0.05, 0) is 25.5 Å². The number of rotatable bonds is 5. The molecule has 2 rings (SSSR count). The molecule has 0 bridgehead atoms. The lowest BCUT2D eigenvalue weighted by atomic mass is 10.1. The molecule has 1 aromatic carbocycles. The lowest BCUT2D eigenvalue weighted by molar-refractivity contribution is 0.199. The van der Waals surface area contributed by atoms with Crippen LogP contribution in [-0.4, -0.2) is 48.0 Å². The van der Waals surface area contributed by atoms with Crippen LogP contribution in [0.25, 0.3) is 0 Å². The molecule has 1 fully saturated rings. The fourth-order valence-electron chi connectivity index (χ4n) is 2.24. The molecule has 0 spiro atoms. The molecule has 4 nitrogen and oxygen atoms in total. The van der Waals surface area contributed by atoms with Gasteiger partial charge in [0.2, 0.25) is 0 Å². The molecule has 1 unspecified atom stereocenters. The Morgan fingerprint density at radius 1 is 1.45 bits per heavy atom. The normalized spacial score (nSPS) is 18.3. The van der Waals surface area contributed by atoms with Crippen molar-refractivity contribution in [1.29, 1.82) is 0 Å². The predicted molar refractivity (Wildman–Crippen MR) is 82.1 cm³/mol. The molecule has 1 atom stereocenters. The van der Waals surface area contributed by atoms with Gasteiger partial charge < -0.3 is 15.3 Å². The van der Waals surface area contributed by atoms with Crippen molar-refractivity contribution in [2.45, 2.75) is 18.2 Å². The van der Waals surface area contributed by atoms with Gasteiger partial charge in [-0.3, -0.25) is 0 Å². The Bertz CT molecular complexity index is 436. The van der Waals surface area contributed by atoms with Crippen molar-refractivity contribution in [2.75, 3.05) is 32.0 Å². The van der Waals surface area contributed by atoms with Crippen LogP contribution < -0.4 is 5.32 Å². The van der Waals surface area contributed by atoms with Gasteiger partial charge in [-0.1, -0.05) is 17.7 Å². The largest absolute Gasteiger partial charge is 0.396 e. The lowest BCUT2D eigenvalue weighted by Gasteiger charge is -2.16. The van der Waals surface area contributed by atoms with Crippen molar-refractivity contribution in [2.24, 2.45) is 5.92 Å². The van der Waals surface area contributed by atoms with Crippen LogP contribution in [0.2, 0.25) is 0 Å². The van der Waals surface area contributed by atoms with E-state index in [1.165, 1.54) is 10.5 Å². The molecule has 1 aromatic rings. The molecule has 1 saturated heterocycles. The first-order valence-corrected chi connectivity index (χ1v) is 8.00. The van der Waals surface area contributed by atoms with E-state index in [-0.39, 0.29) is 18.6 Å². The summed E-state index contributed by atoms with van der Waals surface area (Å²) < 4.78 is 0. The summed E-state index contributed by atoms with van der Waals surface area (Å²) >= 11 is 1.75. The molecule has 1 aliphatic rings. The van der Waals surface area contributed by atoms with Crippen molar-refractivity contribution in [3.8, 4) is 0 Å². The minimum atomic E-state index is -0.00884. The standard InChI is InChI=1S/C15H22N2O2S/c1-12-2-4-14(5-3-12)20-9-7-16-15(19)17-8-6-13(10-17)11-18/h2-5,13,18H,6-11H2,1H3,(H,16,19). The van der Waals surface area contributed by atoms with E-state index in [2.05, 4.69) is 36.5 Å². The third-order valence-electron chi connectivity index (χ3n) is 3.50. The number of amides is 2. The summed E-state index contributed by atoms with van der Waals surface area (Å²) in [5, 5.41) is 12.0. The van der Waals surface area contributed by atoms with Crippen LogP contribution in [0.3, 0.4) is 0 Å². The van der Waals surface area contributed by atoms with E-state index in [9.17, 15) is 4.79 Å². The number of hydrogen-bond acceptors (Lipinski definition) is 3. The summed E-state index contributed by atoms with van der Waals surface area (Å²) in [4.78, 5) is 14.9. The molecule has 0 saturated carbocycles. The Balaban J connectivity index is 1.63. The fourth-order valence-corrected chi connectivity index (χ4v) is 3.01. The number of benzene rings is 1. The molecule has 110 valence electrons. The minimum absolute atomic E-state index is 0.00884. The zero-order valence-corrected chi connectivity index (χ0v) is 12.7. The molecular formula is C15H22N2O2S. The predicted octanol–water partition coefficient (Wildman–Crippen LogP) is 2.11. The molecule has 20 heavy (non-hydrogen) atoms. The number of hydrogen-bond donors (Lipinski definition) is 2. The lowest BCUT2D eigenvalue weighted by Crippen LogP contribution is -2.39. The van der Waals surface area contributed by atoms with E-state index < -0.39 is 0 Å². The second kappa shape index (κ2) is 7.55.